The van der Waals surface area contributed by atoms with Gasteiger partial charge in [0.05, 0.1) is 6.10 Å². The molecule has 3 unspecified atom stereocenters. The third-order valence-electron chi connectivity index (χ3n) is 4.07. The highest BCUT2D eigenvalue weighted by Crippen LogP contribution is 2.32. The van der Waals surface area contributed by atoms with Crippen LogP contribution in [0.5, 0.6) is 0 Å². The van der Waals surface area contributed by atoms with Gasteiger partial charge in [0, 0.05) is 13.1 Å². The summed E-state index contributed by atoms with van der Waals surface area (Å²) in [5.41, 5.74) is 0. The molecule has 17 heavy (non-hydrogen) atoms. The van der Waals surface area contributed by atoms with Crippen molar-refractivity contribution in [3.8, 4) is 0 Å². The molecule has 0 aromatic rings. The maximum Gasteiger partial charge on any atom is 0.327 e. The molecule has 5 heteroatoms. The second kappa shape index (κ2) is 4.64. The van der Waals surface area contributed by atoms with Crippen LogP contribution < -0.4 is 0 Å². The lowest BCUT2D eigenvalue weighted by Gasteiger charge is -2.38. The number of likely N-dealkylation sites (N-methyl/N-ethyl adjacent to an activating group) is 1. The van der Waals surface area contributed by atoms with Gasteiger partial charge in [-0.15, -0.1) is 0 Å². The van der Waals surface area contributed by atoms with Crippen molar-refractivity contribution in [2.45, 2.75) is 44.8 Å². The van der Waals surface area contributed by atoms with E-state index >= 15 is 0 Å². The molecule has 0 spiro atoms. The van der Waals surface area contributed by atoms with Gasteiger partial charge in [-0.05, 0) is 25.2 Å². The van der Waals surface area contributed by atoms with Gasteiger partial charge < -0.3 is 10.0 Å². The highest BCUT2D eigenvalue weighted by molar-refractivity contribution is 6.01. The molecule has 2 rings (SSSR count). The topological polar surface area (TPSA) is 60.9 Å². The zero-order valence-corrected chi connectivity index (χ0v) is 10.4. The van der Waals surface area contributed by atoms with Crippen LogP contribution in [0.25, 0.3) is 0 Å². The molecule has 1 aliphatic carbocycles. The zero-order valence-electron chi connectivity index (χ0n) is 10.4. The van der Waals surface area contributed by atoms with Crippen LogP contribution in [0.4, 0.5) is 4.79 Å². The van der Waals surface area contributed by atoms with Crippen molar-refractivity contribution in [3.05, 3.63) is 0 Å². The van der Waals surface area contributed by atoms with Crippen LogP contribution in [0, 0.1) is 5.92 Å². The van der Waals surface area contributed by atoms with E-state index in [0.29, 0.717) is 12.3 Å². The molecular formula is C12H20N2O3. The van der Waals surface area contributed by atoms with Gasteiger partial charge in [0.15, 0.2) is 0 Å². The molecule has 0 aromatic heterocycles. The number of hydrogen-bond acceptors (Lipinski definition) is 3. The second-order valence-electron chi connectivity index (χ2n) is 5.07. The number of amides is 3. The molecule has 2 fully saturated rings. The van der Waals surface area contributed by atoms with Gasteiger partial charge in [-0.2, -0.15) is 0 Å². The maximum absolute atomic E-state index is 11.9. The van der Waals surface area contributed by atoms with E-state index in [-0.39, 0.29) is 30.6 Å². The Morgan fingerprint density at radius 1 is 1.35 bits per heavy atom. The van der Waals surface area contributed by atoms with Crippen LogP contribution in [0.3, 0.4) is 0 Å². The fraction of sp³-hybridized carbons (Fsp3) is 0.833. The minimum Gasteiger partial charge on any atom is -0.393 e. The number of carbonyl (C=O) groups excluding carboxylic acids is 2. The molecule has 0 bridgehead atoms. The van der Waals surface area contributed by atoms with Crippen LogP contribution in [0.15, 0.2) is 0 Å². The molecule has 5 nitrogen and oxygen atoms in total. The molecule has 0 radical (unpaired) electrons. The van der Waals surface area contributed by atoms with Gasteiger partial charge in [-0.1, -0.05) is 13.3 Å². The van der Waals surface area contributed by atoms with Crippen molar-refractivity contribution in [1.82, 2.24) is 9.80 Å². The van der Waals surface area contributed by atoms with E-state index in [0.717, 1.165) is 19.3 Å². The van der Waals surface area contributed by atoms with Crippen molar-refractivity contribution in [3.63, 3.8) is 0 Å². The number of carbonyl (C=O) groups is 2. The Morgan fingerprint density at radius 2 is 2.06 bits per heavy atom. The predicted octanol–water partition coefficient (Wildman–Crippen LogP) is 0.820. The highest BCUT2D eigenvalue weighted by atomic mass is 16.3. The van der Waals surface area contributed by atoms with E-state index in [9.17, 15) is 14.7 Å². The monoisotopic (exact) mass is 240 g/mol. The van der Waals surface area contributed by atoms with Crippen LogP contribution >= 0.6 is 0 Å². The van der Waals surface area contributed by atoms with Crippen LogP contribution in [0.2, 0.25) is 0 Å². The largest absolute Gasteiger partial charge is 0.393 e. The molecule has 1 saturated heterocycles. The Labute approximate surface area is 101 Å². The number of rotatable bonds is 2. The third-order valence-corrected chi connectivity index (χ3v) is 4.07. The van der Waals surface area contributed by atoms with E-state index in [4.69, 9.17) is 0 Å². The van der Waals surface area contributed by atoms with Crippen molar-refractivity contribution in [1.29, 1.82) is 0 Å². The predicted molar refractivity (Wildman–Crippen MR) is 62.3 cm³/mol. The fourth-order valence-electron chi connectivity index (χ4n) is 2.92. The second-order valence-corrected chi connectivity index (χ2v) is 5.07. The summed E-state index contributed by atoms with van der Waals surface area (Å²) in [4.78, 5) is 26.3. The van der Waals surface area contributed by atoms with E-state index in [1.165, 1.54) is 11.9 Å². The van der Waals surface area contributed by atoms with Crippen LogP contribution in [0.1, 0.15) is 32.6 Å². The van der Waals surface area contributed by atoms with Crippen molar-refractivity contribution in [2.24, 2.45) is 5.92 Å². The molecule has 3 atom stereocenters. The Kier molecular flexibility index (Phi) is 3.38. The lowest BCUT2D eigenvalue weighted by atomic mass is 9.80. The van der Waals surface area contributed by atoms with E-state index in [2.05, 4.69) is 6.92 Å². The Bertz CT molecular complexity index is 332. The number of urea groups is 1. The first-order valence-electron chi connectivity index (χ1n) is 6.29. The summed E-state index contributed by atoms with van der Waals surface area (Å²) in [5, 5.41) is 9.73. The van der Waals surface area contributed by atoms with Gasteiger partial charge in [-0.3, -0.25) is 9.69 Å². The fourth-order valence-corrected chi connectivity index (χ4v) is 2.92. The van der Waals surface area contributed by atoms with E-state index < -0.39 is 0 Å². The van der Waals surface area contributed by atoms with Gasteiger partial charge >= 0.3 is 6.03 Å². The molecule has 2 aliphatic rings. The highest BCUT2D eigenvalue weighted by Gasteiger charge is 2.42. The first-order chi connectivity index (χ1) is 8.04. The number of aliphatic hydroxyl groups is 1. The summed E-state index contributed by atoms with van der Waals surface area (Å²) in [6.45, 7) is 2.27. The van der Waals surface area contributed by atoms with Gasteiger partial charge in [0.2, 0.25) is 5.91 Å². The molecule has 1 heterocycles. The number of nitrogens with zero attached hydrogens (tertiary/aromatic N) is 2. The quantitative estimate of drug-likeness (QED) is 0.727. The van der Waals surface area contributed by atoms with Crippen molar-refractivity contribution < 1.29 is 14.7 Å². The van der Waals surface area contributed by atoms with Gasteiger partial charge in [0.25, 0.3) is 0 Å². The smallest absolute Gasteiger partial charge is 0.327 e. The minimum absolute atomic E-state index is 0.0187. The summed E-state index contributed by atoms with van der Waals surface area (Å²) in [6, 6.07) is -0.197. The molecular weight excluding hydrogens is 220 g/mol. The molecule has 3 amide bonds. The summed E-state index contributed by atoms with van der Waals surface area (Å²) in [5.74, 6) is 0.256. The average molecular weight is 240 g/mol. The maximum atomic E-state index is 11.9. The van der Waals surface area contributed by atoms with E-state index in [1.54, 1.807) is 4.90 Å². The average Bonchev–Trinajstić information content (AvgIpc) is 2.57. The summed E-state index contributed by atoms with van der Waals surface area (Å²) in [6.07, 6.45) is 2.99. The first kappa shape index (κ1) is 12.4. The lowest BCUT2D eigenvalue weighted by Crippen LogP contribution is -2.47. The molecule has 1 saturated carbocycles. The number of hydrogen-bond donors (Lipinski definition) is 1. The zero-order chi connectivity index (χ0) is 12.6. The molecule has 96 valence electrons. The van der Waals surface area contributed by atoms with Crippen LogP contribution in [-0.4, -0.2) is 52.6 Å². The normalized spacial score (nSPS) is 34.6. The van der Waals surface area contributed by atoms with Crippen LogP contribution in [-0.2, 0) is 4.79 Å². The first-order valence-corrected chi connectivity index (χ1v) is 6.29. The number of imide groups is 1. The summed E-state index contributed by atoms with van der Waals surface area (Å²) < 4.78 is 0. The number of aliphatic hydroxyl groups excluding tert-OH is 1. The van der Waals surface area contributed by atoms with E-state index in [1.807, 2.05) is 0 Å². The molecule has 0 aromatic carbocycles. The van der Waals surface area contributed by atoms with Gasteiger partial charge in [-0.25, -0.2) is 4.79 Å². The Balaban J connectivity index is 2.14. The Morgan fingerprint density at radius 3 is 2.59 bits per heavy atom. The minimum atomic E-state index is -0.336. The Hall–Kier alpha value is -1.10. The van der Waals surface area contributed by atoms with Gasteiger partial charge in [0.1, 0.15) is 6.54 Å². The molecule has 1 N–H and O–H groups in total. The molecule has 1 aliphatic heterocycles. The standard InChI is InChI=1S/C12H20N2O3/c1-3-8-4-5-9(15)6-10(8)14-7-11(16)13(2)12(14)17/h8-10,15H,3-7H2,1-2H3. The summed E-state index contributed by atoms with van der Waals surface area (Å²) >= 11 is 0. The summed E-state index contributed by atoms with van der Waals surface area (Å²) in [7, 11) is 1.52. The SMILES string of the molecule is CCC1CCC(O)CC1N1CC(=O)N(C)C1=O. The lowest BCUT2D eigenvalue weighted by molar-refractivity contribution is -0.124. The third kappa shape index (κ3) is 2.16. The van der Waals surface area contributed by atoms with Crippen molar-refractivity contribution >= 4 is 11.9 Å². The van der Waals surface area contributed by atoms with Crippen molar-refractivity contribution in [2.75, 3.05) is 13.6 Å².